The number of hydrogen-bond donors (Lipinski definition) is 1. The van der Waals surface area contributed by atoms with Crippen LogP contribution in [0.15, 0.2) is 30.5 Å². The lowest BCUT2D eigenvalue weighted by Crippen LogP contribution is -2.21. The van der Waals surface area contributed by atoms with Crippen molar-refractivity contribution >= 4 is 27.5 Å². The molecule has 0 fully saturated rings. The van der Waals surface area contributed by atoms with Crippen LogP contribution in [0, 0.1) is 0 Å². The maximum Gasteiger partial charge on any atom is 0.416 e. The van der Waals surface area contributed by atoms with Gasteiger partial charge < -0.3 is 9.80 Å². The number of aromatic nitrogens is 2. The Kier molecular flexibility index (Phi) is 5.83. The molecule has 2 aromatic rings. The summed E-state index contributed by atoms with van der Waals surface area (Å²) in [5, 5.41) is 0. The lowest BCUT2D eigenvalue weighted by Gasteiger charge is -2.19. The van der Waals surface area contributed by atoms with Crippen molar-refractivity contribution in [2.24, 2.45) is 0 Å². The van der Waals surface area contributed by atoms with Gasteiger partial charge in [0.15, 0.2) is 5.82 Å². The molecule has 0 amide bonds. The Labute approximate surface area is 155 Å². The molecule has 1 N–H and O–H groups in total. The van der Waals surface area contributed by atoms with E-state index in [1.54, 1.807) is 38.0 Å². The first-order chi connectivity index (χ1) is 12.4. The minimum Gasteiger partial charge on any atom is -0.361 e. The number of hydrogen-bond acceptors (Lipinski definition) is 6. The van der Waals surface area contributed by atoms with Crippen LogP contribution in [0.2, 0.25) is 0 Å². The first-order valence-corrected chi connectivity index (χ1v) is 9.42. The van der Waals surface area contributed by atoms with E-state index in [9.17, 15) is 21.6 Å². The summed E-state index contributed by atoms with van der Waals surface area (Å²) in [5.74, 6) is 0.294. The van der Waals surface area contributed by atoms with Crippen molar-refractivity contribution in [3.8, 4) is 0 Å². The second kappa shape index (κ2) is 7.59. The molecule has 1 aromatic carbocycles. The van der Waals surface area contributed by atoms with Gasteiger partial charge in [0.05, 0.1) is 17.5 Å². The Morgan fingerprint density at radius 2 is 1.63 bits per heavy atom. The lowest BCUT2D eigenvalue weighted by atomic mass is 10.1. The zero-order valence-corrected chi connectivity index (χ0v) is 16.1. The number of alkyl halides is 3. The second-order valence-corrected chi connectivity index (χ2v) is 7.97. The summed E-state index contributed by atoms with van der Waals surface area (Å²) in [6.45, 7) is 0. The van der Waals surface area contributed by atoms with Crippen molar-refractivity contribution in [3.05, 3.63) is 41.6 Å². The highest BCUT2D eigenvalue weighted by Crippen LogP contribution is 2.29. The molecule has 0 spiro atoms. The van der Waals surface area contributed by atoms with Gasteiger partial charge in [0.2, 0.25) is 16.0 Å². The molecule has 0 saturated heterocycles. The van der Waals surface area contributed by atoms with E-state index < -0.39 is 27.5 Å². The predicted molar refractivity (Wildman–Crippen MR) is 98.4 cm³/mol. The van der Waals surface area contributed by atoms with Crippen molar-refractivity contribution in [2.45, 2.75) is 11.9 Å². The SMILES string of the molecule is CN(C)c1ncc(NS(=O)(=O)Cc2ccc(C(F)(F)F)cc2)c(N(C)C)n1. The molecule has 7 nitrogen and oxygen atoms in total. The Bertz CT molecular complexity index is 897. The van der Waals surface area contributed by atoms with Gasteiger partial charge in [-0.2, -0.15) is 18.2 Å². The number of anilines is 3. The third-order valence-electron chi connectivity index (χ3n) is 3.48. The highest BCUT2D eigenvalue weighted by Gasteiger charge is 2.30. The number of benzene rings is 1. The van der Waals surface area contributed by atoms with Crippen molar-refractivity contribution in [3.63, 3.8) is 0 Å². The third-order valence-corrected chi connectivity index (χ3v) is 4.73. The minimum atomic E-state index is -4.47. The summed E-state index contributed by atoms with van der Waals surface area (Å²) in [6, 6.07) is 3.98. The van der Waals surface area contributed by atoms with Crippen LogP contribution in [-0.4, -0.2) is 46.6 Å². The molecule has 1 heterocycles. The van der Waals surface area contributed by atoms with Gasteiger partial charge in [-0.1, -0.05) is 12.1 Å². The highest BCUT2D eigenvalue weighted by molar-refractivity contribution is 7.91. The fourth-order valence-corrected chi connectivity index (χ4v) is 3.39. The molecule has 0 saturated carbocycles. The molecule has 11 heteroatoms. The van der Waals surface area contributed by atoms with Crippen LogP contribution >= 0.6 is 0 Å². The average molecular weight is 403 g/mol. The molecule has 0 atom stereocenters. The molecular formula is C16H20F3N5O2S. The van der Waals surface area contributed by atoms with Gasteiger partial charge in [-0.15, -0.1) is 0 Å². The zero-order valence-electron chi connectivity index (χ0n) is 15.2. The van der Waals surface area contributed by atoms with Gasteiger partial charge in [0.25, 0.3) is 0 Å². The molecule has 0 radical (unpaired) electrons. The summed E-state index contributed by atoms with van der Waals surface area (Å²) < 4.78 is 65.1. The van der Waals surface area contributed by atoms with Crippen LogP contribution in [0.25, 0.3) is 0 Å². The Hall–Kier alpha value is -2.56. The number of nitrogens with one attached hydrogen (secondary N) is 1. The highest BCUT2D eigenvalue weighted by atomic mass is 32.2. The Morgan fingerprint density at radius 3 is 2.11 bits per heavy atom. The average Bonchev–Trinajstić information content (AvgIpc) is 2.53. The molecule has 148 valence electrons. The van der Waals surface area contributed by atoms with Crippen LogP contribution in [0.5, 0.6) is 0 Å². The second-order valence-electron chi connectivity index (χ2n) is 6.25. The van der Waals surface area contributed by atoms with Gasteiger partial charge in [-0.05, 0) is 17.7 Å². The third kappa shape index (κ3) is 5.46. The van der Waals surface area contributed by atoms with Crippen LogP contribution in [0.1, 0.15) is 11.1 Å². The predicted octanol–water partition coefficient (Wildman–Crippen LogP) is 2.57. The van der Waals surface area contributed by atoms with Crippen molar-refractivity contribution in [1.82, 2.24) is 9.97 Å². The van der Waals surface area contributed by atoms with Crippen molar-refractivity contribution in [1.29, 1.82) is 0 Å². The summed E-state index contributed by atoms with van der Waals surface area (Å²) in [7, 11) is 3.04. The summed E-state index contributed by atoms with van der Waals surface area (Å²) >= 11 is 0. The molecule has 0 aliphatic heterocycles. The molecule has 0 aliphatic carbocycles. The molecular weight excluding hydrogens is 383 g/mol. The van der Waals surface area contributed by atoms with E-state index in [-0.39, 0.29) is 11.3 Å². The standard InChI is InChI=1S/C16H20F3N5O2S/c1-23(2)14-13(9-20-15(21-14)24(3)4)22-27(25,26)10-11-5-7-12(8-6-11)16(17,18)19/h5-9,22H,10H2,1-4H3. The van der Waals surface area contributed by atoms with E-state index in [1.165, 1.54) is 6.20 Å². The molecule has 2 rings (SSSR count). The van der Waals surface area contributed by atoms with Crippen LogP contribution < -0.4 is 14.5 Å². The van der Waals surface area contributed by atoms with Crippen LogP contribution in [0.4, 0.5) is 30.6 Å². The minimum absolute atomic E-state index is 0.178. The van der Waals surface area contributed by atoms with Crippen LogP contribution in [-0.2, 0) is 22.0 Å². The maximum atomic E-state index is 12.6. The van der Waals surface area contributed by atoms with E-state index in [2.05, 4.69) is 14.7 Å². The van der Waals surface area contributed by atoms with Gasteiger partial charge in [0, 0.05) is 28.2 Å². The monoisotopic (exact) mass is 403 g/mol. The fourth-order valence-electron chi connectivity index (χ4n) is 2.21. The maximum absolute atomic E-state index is 12.6. The molecule has 0 bridgehead atoms. The van der Waals surface area contributed by atoms with E-state index in [0.717, 1.165) is 24.3 Å². The van der Waals surface area contributed by atoms with Gasteiger partial charge in [0.1, 0.15) is 5.69 Å². The summed E-state index contributed by atoms with van der Waals surface area (Å²) in [5.41, 5.74) is -0.426. The van der Waals surface area contributed by atoms with Crippen molar-refractivity contribution in [2.75, 3.05) is 42.7 Å². The summed E-state index contributed by atoms with van der Waals surface area (Å²) in [4.78, 5) is 11.7. The molecule has 27 heavy (non-hydrogen) atoms. The Morgan fingerprint density at radius 1 is 1.04 bits per heavy atom. The van der Waals surface area contributed by atoms with E-state index in [0.29, 0.717) is 11.8 Å². The van der Waals surface area contributed by atoms with E-state index in [4.69, 9.17) is 0 Å². The van der Waals surface area contributed by atoms with Gasteiger partial charge >= 0.3 is 6.18 Å². The van der Waals surface area contributed by atoms with E-state index in [1.807, 2.05) is 0 Å². The molecule has 0 aliphatic rings. The zero-order chi connectivity index (χ0) is 20.4. The largest absolute Gasteiger partial charge is 0.416 e. The number of nitrogens with zero attached hydrogens (tertiary/aromatic N) is 4. The molecule has 1 aromatic heterocycles. The first kappa shape index (κ1) is 20.7. The first-order valence-electron chi connectivity index (χ1n) is 7.77. The number of sulfonamides is 1. The number of halogens is 3. The lowest BCUT2D eigenvalue weighted by molar-refractivity contribution is -0.137. The normalized spacial score (nSPS) is 12.0. The van der Waals surface area contributed by atoms with Crippen LogP contribution in [0.3, 0.4) is 0 Å². The number of rotatable bonds is 6. The quantitative estimate of drug-likeness (QED) is 0.799. The van der Waals surface area contributed by atoms with Gasteiger partial charge in [-0.25, -0.2) is 13.4 Å². The molecule has 0 unspecified atom stereocenters. The van der Waals surface area contributed by atoms with E-state index >= 15 is 0 Å². The topological polar surface area (TPSA) is 78.4 Å². The smallest absolute Gasteiger partial charge is 0.361 e. The summed E-state index contributed by atoms with van der Waals surface area (Å²) in [6.07, 6.45) is -3.12. The van der Waals surface area contributed by atoms with Gasteiger partial charge in [-0.3, -0.25) is 4.72 Å². The Balaban J connectivity index is 2.23. The van der Waals surface area contributed by atoms with Crippen molar-refractivity contribution < 1.29 is 21.6 Å². The fraction of sp³-hybridized carbons (Fsp3) is 0.375.